The summed E-state index contributed by atoms with van der Waals surface area (Å²) in [5.74, 6) is 0. The molecule has 1 heterocycles. The zero-order valence-electron chi connectivity index (χ0n) is 11.5. The Morgan fingerprint density at radius 1 is 1.20 bits per heavy atom. The van der Waals surface area contributed by atoms with Crippen LogP contribution in [0.4, 0.5) is 0 Å². The van der Waals surface area contributed by atoms with Crippen molar-refractivity contribution in [1.29, 1.82) is 0 Å². The number of benzene rings is 1. The van der Waals surface area contributed by atoms with Gasteiger partial charge in [0.15, 0.2) is 0 Å². The molecule has 0 aliphatic rings. The Kier molecular flexibility index (Phi) is 4.69. The lowest BCUT2D eigenvalue weighted by Crippen LogP contribution is -2.26. The summed E-state index contributed by atoms with van der Waals surface area (Å²) in [6.45, 7) is 5.88. The summed E-state index contributed by atoms with van der Waals surface area (Å²) in [4.78, 5) is 0. The normalized spacial score (nSPS) is 13.4. The highest BCUT2D eigenvalue weighted by molar-refractivity contribution is 9.11. The minimum absolute atomic E-state index is 0.263. The van der Waals surface area contributed by atoms with Crippen molar-refractivity contribution < 1.29 is 8.42 Å². The van der Waals surface area contributed by atoms with Gasteiger partial charge in [-0.15, -0.1) is 11.3 Å². The number of thiophene rings is 1. The molecule has 0 bridgehead atoms. The van der Waals surface area contributed by atoms with Crippen LogP contribution in [0.1, 0.15) is 29.7 Å². The summed E-state index contributed by atoms with van der Waals surface area (Å²) < 4.78 is 28.4. The molecular weight excluding hydrogens is 358 g/mol. The van der Waals surface area contributed by atoms with Crippen LogP contribution in [0.15, 0.2) is 38.3 Å². The maximum Gasteiger partial charge on any atom is 0.250 e. The minimum atomic E-state index is -3.48. The van der Waals surface area contributed by atoms with Gasteiger partial charge in [-0.25, -0.2) is 13.1 Å². The van der Waals surface area contributed by atoms with Crippen LogP contribution < -0.4 is 4.72 Å². The SMILES string of the molecule is Cc1ccc([C@@H](C)NS(=O)(=O)c2ccc(Br)s2)c(C)c1. The van der Waals surface area contributed by atoms with Crippen LogP contribution in [0.5, 0.6) is 0 Å². The van der Waals surface area contributed by atoms with Crippen LogP contribution in [0.2, 0.25) is 0 Å². The first-order chi connectivity index (χ1) is 9.29. The number of halogens is 1. The van der Waals surface area contributed by atoms with Crippen molar-refractivity contribution in [1.82, 2.24) is 4.72 Å². The number of aryl methyl sites for hydroxylation is 2. The molecule has 0 spiro atoms. The molecule has 3 nitrogen and oxygen atoms in total. The molecule has 0 fully saturated rings. The molecule has 0 saturated heterocycles. The zero-order valence-corrected chi connectivity index (χ0v) is 14.7. The van der Waals surface area contributed by atoms with Crippen LogP contribution in [0, 0.1) is 13.8 Å². The third kappa shape index (κ3) is 3.49. The van der Waals surface area contributed by atoms with E-state index >= 15 is 0 Å². The van der Waals surface area contributed by atoms with Crippen molar-refractivity contribution >= 4 is 37.3 Å². The first-order valence-corrected chi connectivity index (χ1v) is 9.23. The molecule has 1 aromatic heterocycles. The van der Waals surface area contributed by atoms with Gasteiger partial charge in [0, 0.05) is 6.04 Å². The predicted octanol–water partition coefficient (Wildman–Crippen LogP) is 4.17. The van der Waals surface area contributed by atoms with E-state index in [2.05, 4.69) is 26.7 Å². The molecule has 0 aliphatic carbocycles. The fraction of sp³-hybridized carbons (Fsp3) is 0.286. The Balaban J connectivity index is 2.25. The Labute approximate surface area is 132 Å². The van der Waals surface area contributed by atoms with E-state index in [9.17, 15) is 8.42 Å². The first kappa shape index (κ1) is 15.7. The van der Waals surface area contributed by atoms with Gasteiger partial charge in [-0.3, -0.25) is 0 Å². The standard InChI is InChI=1S/C14H16BrNO2S2/c1-9-4-5-12(10(2)8-9)11(3)16-20(17,18)14-7-6-13(15)19-14/h4-8,11,16H,1-3H3/t11-/m1/s1. The van der Waals surface area contributed by atoms with Crippen LogP contribution in [-0.2, 0) is 10.0 Å². The third-order valence-electron chi connectivity index (χ3n) is 3.04. The lowest BCUT2D eigenvalue weighted by molar-refractivity contribution is 0.568. The highest BCUT2D eigenvalue weighted by Crippen LogP contribution is 2.27. The number of hydrogen-bond donors (Lipinski definition) is 1. The molecule has 0 radical (unpaired) electrons. The average Bonchev–Trinajstić information content (AvgIpc) is 2.75. The lowest BCUT2D eigenvalue weighted by Gasteiger charge is -2.16. The Bertz CT molecular complexity index is 723. The Hall–Kier alpha value is -0.690. The van der Waals surface area contributed by atoms with Gasteiger partial charge in [-0.05, 0) is 60.0 Å². The van der Waals surface area contributed by atoms with Gasteiger partial charge >= 0.3 is 0 Å². The molecule has 0 amide bonds. The van der Waals surface area contributed by atoms with E-state index in [1.807, 2.05) is 32.9 Å². The van der Waals surface area contributed by atoms with E-state index in [1.165, 1.54) is 16.9 Å². The van der Waals surface area contributed by atoms with E-state index < -0.39 is 10.0 Å². The molecule has 2 aromatic rings. The second kappa shape index (κ2) is 5.97. The van der Waals surface area contributed by atoms with E-state index in [-0.39, 0.29) is 6.04 Å². The Morgan fingerprint density at radius 2 is 1.90 bits per heavy atom. The van der Waals surface area contributed by atoms with Crippen LogP contribution in [0.25, 0.3) is 0 Å². The zero-order chi connectivity index (χ0) is 14.9. The summed E-state index contributed by atoms with van der Waals surface area (Å²) in [6, 6.07) is 9.10. The fourth-order valence-electron chi connectivity index (χ4n) is 2.11. The molecular formula is C14H16BrNO2S2. The molecule has 1 atom stereocenters. The van der Waals surface area contributed by atoms with Gasteiger partial charge in [0.05, 0.1) is 3.79 Å². The van der Waals surface area contributed by atoms with Crippen LogP contribution in [-0.4, -0.2) is 8.42 Å². The smallest absolute Gasteiger partial charge is 0.206 e. The molecule has 1 aromatic carbocycles. The molecule has 108 valence electrons. The molecule has 0 aliphatic heterocycles. The molecule has 2 rings (SSSR count). The quantitative estimate of drug-likeness (QED) is 0.873. The summed E-state index contributed by atoms with van der Waals surface area (Å²) in [5, 5.41) is 0. The molecule has 1 N–H and O–H groups in total. The van der Waals surface area contributed by atoms with E-state index in [0.717, 1.165) is 14.9 Å². The molecule has 0 saturated carbocycles. The second-order valence-electron chi connectivity index (χ2n) is 4.76. The average molecular weight is 374 g/mol. The van der Waals surface area contributed by atoms with Crippen molar-refractivity contribution in [2.24, 2.45) is 0 Å². The third-order valence-corrected chi connectivity index (χ3v) is 6.69. The van der Waals surface area contributed by atoms with Gasteiger partial charge < -0.3 is 0 Å². The van der Waals surface area contributed by atoms with E-state index in [4.69, 9.17) is 0 Å². The van der Waals surface area contributed by atoms with Crippen molar-refractivity contribution in [3.05, 3.63) is 50.8 Å². The largest absolute Gasteiger partial charge is 0.250 e. The monoisotopic (exact) mass is 373 g/mol. The lowest BCUT2D eigenvalue weighted by atomic mass is 10.0. The molecule has 6 heteroatoms. The van der Waals surface area contributed by atoms with Gasteiger partial charge in [0.2, 0.25) is 0 Å². The van der Waals surface area contributed by atoms with Crippen LogP contribution in [0.3, 0.4) is 0 Å². The summed E-state index contributed by atoms with van der Waals surface area (Å²) in [6.07, 6.45) is 0. The van der Waals surface area contributed by atoms with Crippen molar-refractivity contribution in [3.8, 4) is 0 Å². The van der Waals surface area contributed by atoms with Crippen molar-refractivity contribution in [2.45, 2.75) is 31.0 Å². The number of nitrogens with one attached hydrogen (secondary N) is 1. The second-order valence-corrected chi connectivity index (χ2v) is 9.17. The summed E-state index contributed by atoms with van der Waals surface area (Å²) in [5.41, 5.74) is 3.26. The summed E-state index contributed by atoms with van der Waals surface area (Å²) >= 11 is 4.49. The van der Waals surface area contributed by atoms with E-state index in [0.29, 0.717) is 4.21 Å². The highest BCUT2D eigenvalue weighted by atomic mass is 79.9. The van der Waals surface area contributed by atoms with Gasteiger partial charge in [0.25, 0.3) is 10.0 Å². The van der Waals surface area contributed by atoms with Crippen LogP contribution >= 0.6 is 27.3 Å². The van der Waals surface area contributed by atoms with Crippen molar-refractivity contribution in [3.63, 3.8) is 0 Å². The maximum atomic E-state index is 12.3. The first-order valence-electron chi connectivity index (χ1n) is 6.14. The highest BCUT2D eigenvalue weighted by Gasteiger charge is 2.20. The van der Waals surface area contributed by atoms with E-state index in [1.54, 1.807) is 12.1 Å². The predicted molar refractivity (Wildman–Crippen MR) is 86.7 cm³/mol. The summed E-state index contributed by atoms with van der Waals surface area (Å²) in [7, 11) is -3.48. The number of hydrogen-bond acceptors (Lipinski definition) is 3. The van der Waals surface area contributed by atoms with Gasteiger partial charge in [-0.1, -0.05) is 23.8 Å². The van der Waals surface area contributed by atoms with Gasteiger partial charge in [0.1, 0.15) is 4.21 Å². The Morgan fingerprint density at radius 3 is 2.45 bits per heavy atom. The van der Waals surface area contributed by atoms with Crippen molar-refractivity contribution in [2.75, 3.05) is 0 Å². The molecule has 0 unspecified atom stereocenters. The van der Waals surface area contributed by atoms with Gasteiger partial charge in [-0.2, -0.15) is 0 Å². The number of sulfonamides is 1. The number of rotatable bonds is 4. The molecule has 20 heavy (non-hydrogen) atoms. The minimum Gasteiger partial charge on any atom is -0.206 e. The fourth-order valence-corrected chi connectivity index (χ4v) is 5.36. The topological polar surface area (TPSA) is 46.2 Å². The maximum absolute atomic E-state index is 12.3.